The van der Waals surface area contributed by atoms with Crippen LogP contribution >= 0.6 is 0 Å². The van der Waals surface area contributed by atoms with Crippen LogP contribution in [-0.4, -0.2) is 15.9 Å². The number of nitro groups is 2. The van der Waals surface area contributed by atoms with Gasteiger partial charge in [0.2, 0.25) is 0 Å². The van der Waals surface area contributed by atoms with Crippen LogP contribution in [0.1, 0.15) is 46.0 Å². The van der Waals surface area contributed by atoms with Crippen molar-refractivity contribution in [1.29, 1.82) is 0 Å². The van der Waals surface area contributed by atoms with E-state index >= 15 is 0 Å². The lowest BCUT2D eigenvalue weighted by Crippen LogP contribution is -2.19. The monoisotopic (exact) mass is 295 g/mol. The maximum atomic E-state index is 11.1. The van der Waals surface area contributed by atoms with E-state index in [0.29, 0.717) is 5.69 Å². The lowest BCUT2D eigenvalue weighted by atomic mass is 10.0. The summed E-state index contributed by atoms with van der Waals surface area (Å²) < 4.78 is 0. The molecule has 116 valence electrons. The first kappa shape index (κ1) is 16.9. The molecule has 0 aliphatic heterocycles. The van der Waals surface area contributed by atoms with Crippen molar-refractivity contribution < 1.29 is 9.85 Å². The zero-order valence-electron chi connectivity index (χ0n) is 12.4. The smallest absolute Gasteiger partial charge is 0.299 e. The van der Waals surface area contributed by atoms with Gasteiger partial charge in [0.05, 0.1) is 15.9 Å². The van der Waals surface area contributed by atoms with E-state index in [1.165, 1.54) is 12.1 Å². The molecule has 0 bridgehead atoms. The molecule has 7 heteroatoms. The second kappa shape index (κ2) is 8.18. The Hall–Kier alpha value is -2.18. The quantitative estimate of drug-likeness (QED) is 0.541. The Labute approximate surface area is 123 Å². The lowest BCUT2D eigenvalue weighted by Gasteiger charge is -2.19. The molecule has 1 aromatic carbocycles. The van der Waals surface area contributed by atoms with Crippen LogP contribution in [0, 0.1) is 20.2 Å². The highest BCUT2D eigenvalue weighted by molar-refractivity contribution is 5.65. The maximum absolute atomic E-state index is 11.1. The van der Waals surface area contributed by atoms with Crippen LogP contribution in [0.3, 0.4) is 0 Å². The summed E-state index contributed by atoms with van der Waals surface area (Å²) in [6.07, 6.45) is 4.91. The van der Waals surface area contributed by atoms with Crippen LogP contribution in [-0.2, 0) is 0 Å². The molecule has 1 atom stereocenters. The highest BCUT2D eigenvalue weighted by Gasteiger charge is 2.21. The van der Waals surface area contributed by atoms with E-state index in [4.69, 9.17) is 0 Å². The number of nitrogens with one attached hydrogen (secondary N) is 1. The summed E-state index contributed by atoms with van der Waals surface area (Å²) in [5, 5.41) is 25.0. The van der Waals surface area contributed by atoms with E-state index in [2.05, 4.69) is 19.2 Å². The van der Waals surface area contributed by atoms with Crippen LogP contribution < -0.4 is 5.32 Å². The molecule has 1 unspecified atom stereocenters. The van der Waals surface area contributed by atoms with Crippen molar-refractivity contribution in [3.05, 3.63) is 38.4 Å². The fourth-order valence-electron chi connectivity index (χ4n) is 2.21. The van der Waals surface area contributed by atoms with Crippen molar-refractivity contribution in [3.63, 3.8) is 0 Å². The fraction of sp³-hybridized carbons (Fsp3) is 0.571. The van der Waals surface area contributed by atoms with E-state index < -0.39 is 9.85 Å². The van der Waals surface area contributed by atoms with Gasteiger partial charge in [-0.15, -0.1) is 0 Å². The third-order valence-electron chi connectivity index (χ3n) is 3.29. The van der Waals surface area contributed by atoms with Gasteiger partial charge in [-0.1, -0.05) is 33.1 Å². The molecule has 0 aromatic heterocycles. The second-order valence-electron chi connectivity index (χ2n) is 4.99. The minimum absolute atomic E-state index is 0.148. The molecule has 1 rings (SSSR count). The molecular weight excluding hydrogens is 274 g/mol. The molecule has 0 aliphatic carbocycles. The Morgan fingerprint density at radius 1 is 1.10 bits per heavy atom. The van der Waals surface area contributed by atoms with Gasteiger partial charge in [-0.05, 0) is 18.9 Å². The topological polar surface area (TPSA) is 98.3 Å². The first-order valence-electron chi connectivity index (χ1n) is 7.18. The van der Waals surface area contributed by atoms with Crippen LogP contribution in [0.25, 0.3) is 0 Å². The van der Waals surface area contributed by atoms with Crippen molar-refractivity contribution in [2.75, 3.05) is 5.32 Å². The summed E-state index contributed by atoms with van der Waals surface area (Å²) in [4.78, 5) is 20.6. The number of benzene rings is 1. The molecule has 21 heavy (non-hydrogen) atoms. The average Bonchev–Trinajstić information content (AvgIpc) is 2.44. The number of anilines is 1. The Morgan fingerprint density at radius 3 is 2.33 bits per heavy atom. The number of non-ortho nitro benzene ring substituents is 1. The van der Waals surface area contributed by atoms with Crippen molar-refractivity contribution in [1.82, 2.24) is 0 Å². The van der Waals surface area contributed by atoms with Gasteiger partial charge in [0.1, 0.15) is 5.69 Å². The average molecular weight is 295 g/mol. The fourth-order valence-corrected chi connectivity index (χ4v) is 2.21. The molecule has 0 amide bonds. The molecule has 0 saturated heterocycles. The number of unbranched alkanes of at least 4 members (excludes halogenated alkanes) is 1. The van der Waals surface area contributed by atoms with Gasteiger partial charge in [0, 0.05) is 12.1 Å². The van der Waals surface area contributed by atoms with Gasteiger partial charge >= 0.3 is 0 Å². The predicted molar refractivity (Wildman–Crippen MR) is 81.6 cm³/mol. The molecule has 0 fully saturated rings. The largest absolute Gasteiger partial charge is 0.377 e. The zero-order valence-corrected chi connectivity index (χ0v) is 12.4. The summed E-state index contributed by atoms with van der Waals surface area (Å²) in [6.45, 7) is 4.15. The normalized spacial score (nSPS) is 11.9. The molecule has 1 N–H and O–H groups in total. The molecule has 0 spiro atoms. The molecule has 0 heterocycles. The van der Waals surface area contributed by atoms with Gasteiger partial charge in [-0.25, -0.2) is 0 Å². The number of rotatable bonds is 9. The van der Waals surface area contributed by atoms with E-state index in [-0.39, 0.29) is 17.4 Å². The van der Waals surface area contributed by atoms with Crippen molar-refractivity contribution >= 4 is 17.1 Å². The Kier molecular flexibility index (Phi) is 6.58. The Balaban J connectivity index is 2.99. The molecule has 7 nitrogen and oxygen atoms in total. The highest BCUT2D eigenvalue weighted by atomic mass is 16.6. The van der Waals surface area contributed by atoms with E-state index in [9.17, 15) is 20.2 Å². The summed E-state index contributed by atoms with van der Waals surface area (Å²) in [6, 6.07) is 3.86. The zero-order chi connectivity index (χ0) is 15.8. The number of hydrogen-bond acceptors (Lipinski definition) is 5. The molecule has 0 aliphatic rings. The van der Waals surface area contributed by atoms with Crippen molar-refractivity contribution in [2.24, 2.45) is 0 Å². The number of nitro benzene ring substituents is 2. The SMILES string of the molecule is CCCCC(CCC)Nc1ccc([N+](=O)[O-])cc1[N+](=O)[O-]. The van der Waals surface area contributed by atoms with Gasteiger partial charge in [-0.3, -0.25) is 20.2 Å². The van der Waals surface area contributed by atoms with Crippen LogP contribution in [0.2, 0.25) is 0 Å². The Morgan fingerprint density at radius 2 is 1.81 bits per heavy atom. The van der Waals surface area contributed by atoms with Gasteiger partial charge in [0.15, 0.2) is 0 Å². The third kappa shape index (κ3) is 5.02. The van der Waals surface area contributed by atoms with Crippen molar-refractivity contribution in [3.8, 4) is 0 Å². The lowest BCUT2D eigenvalue weighted by molar-refractivity contribution is -0.393. The molecule has 0 saturated carbocycles. The summed E-state index contributed by atoms with van der Waals surface area (Å²) in [5.74, 6) is 0. The molecule has 0 radical (unpaired) electrons. The predicted octanol–water partition coefficient (Wildman–Crippen LogP) is 4.27. The highest BCUT2D eigenvalue weighted by Crippen LogP contribution is 2.30. The van der Waals surface area contributed by atoms with E-state index in [1.54, 1.807) is 0 Å². The maximum Gasteiger partial charge on any atom is 0.299 e. The van der Waals surface area contributed by atoms with Gasteiger partial charge in [0.25, 0.3) is 11.4 Å². The first-order valence-corrected chi connectivity index (χ1v) is 7.18. The van der Waals surface area contributed by atoms with Crippen LogP contribution in [0.5, 0.6) is 0 Å². The van der Waals surface area contributed by atoms with Crippen LogP contribution in [0.15, 0.2) is 18.2 Å². The minimum atomic E-state index is -0.628. The summed E-state index contributed by atoms with van der Waals surface area (Å²) in [5.41, 5.74) is -0.171. The molecular formula is C14H21N3O4. The molecule has 1 aromatic rings. The van der Waals surface area contributed by atoms with Crippen molar-refractivity contribution in [2.45, 2.75) is 52.0 Å². The third-order valence-corrected chi connectivity index (χ3v) is 3.29. The van der Waals surface area contributed by atoms with Gasteiger partial charge < -0.3 is 5.32 Å². The van der Waals surface area contributed by atoms with Gasteiger partial charge in [-0.2, -0.15) is 0 Å². The number of nitrogens with zero attached hydrogens (tertiary/aromatic N) is 2. The van der Waals surface area contributed by atoms with Crippen LogP contribution in [0.4, 0.5) is 17.1 Å². The number of hydrogen-bond donors (Lipinski definition) is 1. The second-order valence-corrected chi connectivity index (χ2v) is 4.99. The summed E-state index contributed by atoms with van der Waals surface area (Å²) >= 11 is 0. The summed E-state index contributed by atoms with van der Waals surface area (Å²) in [7, 11) is 0. The Bertz CT molecular complexity index is 505. The van der Waals surface area contributed by atoms with E-state index in [0.717, 1.165) is 38.2 Å². The standard InChI is InChI=1S/C14H21N3O4/c1-3-5-7-11(6-4-2)15-13-9-8-12(16(18)19)10-14(13)17(20)21/h8-11,15H,3-7H2,1-2H3. The minimum Gasteiger partial charge on any atom is -0.377 e. The first-order chi connectivity index (χ1) is 9.99. The van der Waals surface area contributed by atoms with E-state index in [1.807, 2.05) is 0 Å².